The number of carbonyl (C=O) groups excluding carboxylic acids is 1. The van der Waals surface area contributed by atoms with Crippen molar-refractivity contribution in [3.63, 3.8) is 0 Å². The third-order valence-electron chi connectivity index (χ3n) is 2.58. The minimum atomic E-state index is -0.979. The van der Waals surface area contributed by atoms with Gasteiger partial charge in [-0.3, -0.25) is 0 Å². The van der Waals surface area contributed by atoms with Gasteiger partial charge in [0.25, 0.3) is 0 Å². The molecule has 0 spiro atoms. The summed E-state index contributed by atoms with van der Waals surface area (Å²) in [5.74, 6) is -2.39. The summed E-state index contributed by atoms with van der Waals surface area (Å²) in [5.41, 5.74) is -0.364. The third kappa shape index (κ3) is 3.08. The molecule has 0 aliphatic heterocycles. The van der Waals surface area contributed by atoms with E-state index in [4.69, 9.17) is 27.9 Å². The highest BCUT2D eigenvalue weighted by atomic mass is 35.5. The van der Waals surface area contributed by atoms with E-state index < -0.39 is 24.2 Å². The molecule has 0 radical (unpaired) electrons. The summed E-state index contributed by atoms with van der Waals surface area (Å²) < 4.78 is 31.8. The highest BCUT2D eigenvalue weighted by molar-refractivity contribution is 6.33. The molecule has 0 N–H and O–H groups in total. The highest BCUT2D eigenvalue weighted by Crippen LogP contribution is 2.23. The number of esters is 1. The fourth-order valence-corrected chi connectivity index (χ4v) is 2.03. The zero-order valence-corrected chi connectivity index (χ0v) is 11.5. The summed E-state index contributed by atoms with van der Waals surface area (Å²) in [6.45, 7) is -0.408. The Balaban J connectivity index is 2.17. The molecule has 20 heavy (non-hydrogen) atoms. The lowest BCUT2D eigenvalue weighted by Gasteiger charge is -2.09. The maximum absolute atomic E-state index is 13.5. The Labute approximate surface area is 123 Å². The molecule has 0 aliphatic carbocycles. The van der Waals surface area contributed by atoms with Crippen LogP contribution in [0.15, 0.2) is 36.4 Å². The van der Waals surface area contributed by atoms with Crippen molar-refractivity contribution in [3.05, 3.63) is 69.2 Å². The zero-order chi connectivity index (χ0) is 14.7. The van der Waals surface area contributed by atoms with E-state index in [0.29, 0.717) is 0 Å². The zero-order valence-electron chi connectivity index (χ0n) is 10.00. The van der Waals surface area contributed by atoms with Crippen LogP contribution in [-0.2, 0) is 11.3 Å². The van der Waals surface area contributed by atoms with Crippen molar-refractivity contribution < 1.29 is 18.3 Å². The van der Waals surface area contributed by atoms with Crippen LogP contribution in [0.1, 0.15) is 15.9 Å². The molecule has 104 valence electrons. The lowest BCUT2D eigenvalue weighted by atomic mass is 10.2. The predicted molar refractivity (Wildman–Crippen MR) is 71.9 cm³/mol. The summed E-state index contributed by atoms with van der Waals surface area (Å²) >= 11 is 11.5. The van der Waals surface area contributed by atoms with E-state index in [1.165, 1.54) is 30.3 Å². The van der Waals surface area contributed by atoms with Crippen molar-refractivity contribution in [1.82, 2.24) is 0 Å². The van der Waals surface area contributed by atoms with Gasteiger partial charge in [0.1, 0.15) is 23.8 Å². The molecule has 0 aromatic heterocycles. The molecule has 0 bridgehead atoms. The first-order valence-corrected chi connectivity index (χ1v) is 6.30. The van der Waals surface area contributed by atoms with E-state index in [2.05, 4.69) is 0 Å². The van der Waals surface area contributed by atoms with E-state index >= 15 is 0 Å². The first-order chi connectivity index (χ1) is 9.50. The Hall–Kier alpha value is -1.65. The molecule has 0 aliphatic rings. The van der Waals surface area contributed by atoms with Gasteiger partial charge >= 0.3 is 5.97 Å². The van der Waals surface area contributed by atoms with Gasteiger partial charge in [-0.25, -0.2) is 13.6 Å². The van der Waals surface area contributed by atoms with Gasteiger partial charge in [-0.1, -0.05) is 35.3 Å². The number of halogens is 4. The van der Waals surface area contributed by atoms with Crippen LogP contribution in [0.25, 0.3) is 0 Å². The molecule has 2 nitrogen and oxygen atoms in total. The Kier molecular flexibility index (Phi) is 4.57. The largest absolute Gasteiger partial charge is 0.457 e. The quantitative estimate of drug-likeness (QED) is 0.772. The van der Waals surface area contributed by atoms with Crippen molar-refractivity contribution in [2.75, 3.05) is 0 Å². The van der Waals surface area contributed by atoms with Crippen LogP contribution in [-0.4, -0.2) is 5.97 Å². The van der Waals surface area contributed by atoms with Crippen LogP contribution in [0, 0.1) is 11.6 Å². The van der Waals surface area contributed by atoms with Gasteiger partial charge in [-0.05, 0) is 24.3 Å². The minimum Gasteiger partial charge on any atom is -0.457 e. The van der Waals surface area contributed by atoms with Crippen molar-refractivity contribution in [3.8, 4) is 0 Å². The summed E-state index contributed by atoms with van der Waals surface area (Å²) in [6, 6.07) is 7.88. The summed E-state index contributed by atoms with van der Waals surface area (Å²) in [6.07, 6.45) is 0. The lowest BCUT2D eigenvalue weighted by Crippen LogP contribution is -2.09. The van der Waals surface area contributed by atoms with Crippen molar-refractivity contribution >= 4 is 29.2 Å². The van der Waals surface area contributed by atoms with Crippen molar-refractivity contribution in [2.24, 2.45) is 0 Å². The van der Waals surface area contributed by atoms with E-state index in [9.17, 15) is 13.6 Å². The van der Waals surface area contributed by atoms with Crippen LogP contribution < -0.4 is 0 Å². The van der Waals surface area contributed by atoms with Gasteiger partial charge in [0.15, 0.2) is 0 Å². The fraction of sp³-hybridized carbons (Fsp3) is 0.0714. The standard InChI is InChI=1S/C14H8Cl2F2O2/c15-9-3-1-5-11(17)8(9)7-20-14(19)13-10(16)4-2-6-12(13)18/h1-6H,7H2. The molecule has 0 fully saturated rings. The molecule has 0 unspecified atom stereocenters. The van der Waals surface area contributed by atoms with E-state index in [-0.39, 0.29) is 21.2 Å². The molecule has 6 heteroatoms. The molecule has 0 heterocycles. The van der Waals surface area contributed by atoms with Crippen LogP contribution >= 0.6 is 23.2 Å². The minimum absolute atomic E-state index is 0.0231. The predicted octanol–water partition coefficient (Wildman–Crippen LogP) is 4.63. The number of hydrogen-bond acceptors (Lipinski definition) is 2. The number of carbonyl (C=O) groups is 1. The normalized spacial score (nSPS) is 10.4. The van der Waals surface area contributed by atoms with Crippen LogP contribution in [0.4, 0.5) is 8.78 Å². The van der Waals surface area contributed by atoms with E-state index in [0.717, 1.165) is 6.07 Å². The molecule has 2 aromatic carbocycles. The Bertz CT molecular complexity index is 619. The van der Waals surface area contributed by atoms with Gasteiger partial charge in [0.2, 0.25) is 0 Å². The fourth-order valence-electron chi connectivity index (χ4n) is 1.57. The van der Waals surface area contributed by atoms with Crippen LogP contribution in [0.2, 0.25) is 10.0 Å². The molecular formula is C14H8Cl2F2O2. The average Bonchev–Trinajstić information content (AvgIpc) is 2.38. The second-order valence-electron chi connectivity index (χ2n) is 3.87. The number of benzene rings is 2. The average molecular weight is 317 g/mol. The van der Waals surface area contributed by atoms with Gasteiger partial charge in [-0.2, -0.15) is 0 Å². The Morgan fingerprint density at radius 2 is 1.60 bits per heavy atom. The maximum atomic E-state index is 13.5. The van der Waals surface area contributed by atoms with Gasteiger partial charge in [0, 0.05) is 5.56 Å². The number of ether oxygens (including phenoxy) is 1. The SMILES string of the molecule is O=C(OCc1c(F)cccc1Cl)c1c(F)cccc1Cl. The summed E-state index contributed by atoms with van der Waals surface area (Å²) in [5, 5.41) is 0.0482. The monoisotopic (exact) mass is 316 g/mol. The first kappa shape index (κ1) is 14.8. The molecule has 0 atom stereocenters. The molecule has 0 saturated carbocycles. The summed E-state index contributed by atoms with van der Waals surface area (Å²) in [4.78, 5) is 11.8. The number of rotatable bonds is 3. The maximum Gasteiger partial charge on any atom is 0.343 e. The molecule has 0 saturated heterocycles. The van der Waals surface area contributed by atoms with Gasteiger partial charge in [-0.15, -0.1) is 0 Å². The first-order valence-electron chi connectivity index (χ1n) is 5.54. The van der Waals surface area contributed by atoms with Gasteiger partial charge < -0.3 is 4.74 Å². The molecule has 2 rings (SSSR count). The second-order valence-corrected chi connectivity index (χ2v) is 4.69. The Morgan fingerprint density at radius 3 is 2.20 bits per heavy atom. The van der Waals surface area contributed by atoms with Crippen LogP contribution in [0.5, 0.6) is 0 Å². The Morgan fingerprint density at radius 1 is 1.00 bits per heavy atom. The van der Waals surface area contributed by atoms with Crippen molar-refractivity contribution in [2.45, 2.75) is 6.61 Å². The topological polar surface area (TPSA) is 26.3 Å². The van der Waals surface area contributed by atoms with E-state index in [1.54, 1.807) is 0 Å². The summed E-state index contributed by atoms with van der Waals surface area (Å²) in [7, 11) is 0. The number of hydrogen-bond donors (Lipinski definition) is 0. The molecular weight excluding hydrogens is 309 g/mol. The lowest BCUT2D eigenvalue weighted by molar-refractivity contribution is 0.0464. The van der Waals surface area contributed by atoms with Gasteiger partial charge in [0.05, 0.1) is 10.0 Å². The highest BCUT2D eigenvalue weighted by Gasteiger charge is 2.18. The van der Waals surface area contributed by atoms with Crippen LogP contribution in [0.3, 0.4) is 0 Å². The van der Waals surface area contributed by atoms with Crippen molar-refractivity contribution in [1.29, 1.82) is 0 Å². The molecule has 2 aromatic rings. The third-order valence-corrected chi connectivity index (χ3v) is 3.25. The molecule has 0 amide bonds. The smallest absolute Gasteiger partial charge is 0.343 e. The second kappa shape index (κ2) is 6.20. The van der Waals surface area contributed by atoms with E-state index in [1.807, 2.05) is 0 Å².